The number of hydrogen-bond acceptors (Lipinski definition) is 3. The third kappa shape index (κ3) is 2.88. The zero-order chi connectivity index (χ0) is 13.7. The first-order chi connectivity index (χ1) is 9.24. The second kappa shape index (κ2) is 5.66. The molecule has 92 valence electrons. The lowest BCUT2D eigenvalue weighted by Crippen LogP contribution is -2.03. The molecular weight excluding hydrogens is 241 g/mol. The highest BCUT2D eigenvalue weighted by atomic mass is 19.1. The minimum atomic E-state index is -0.506. The normalized spacial score (nSPS) is 9.42. The van der Waals surface area contributed by atoms with Crippen LogP contribution in [0, 0.1) is 28.5 Å². The zero-order valence-electron chi connectivity index (χ0n) is 10.0. The van der Waals surface area contributed by atoms with E-state index in [0.29, 0.717) is 11.1 Å². The highest BCUT2D eigenvalue weighted by Gasteiger charge is 2.07. The molecule has 0 saturated carbocycles. The molecule has 2 aromatic carbocycles. The first kappa shape index (κ1) is 12.6. The van der Waals surface area contributed by atoms with Crippen molar-refractivity contribution in [2.75, 3.05) is 5.32 Å². The predicted molar refractivity (Wildman–Crippen MR) is 69.6 cm³/mol. The topological polar surface area (TPSA) is 59.6 Å². The number of nitriles is 2. The maximum Gasteiger partial charge on any atom is 0.145 e. The van der Waals surface area contributed by atoms with Crippen LogP contribution in [0.5, 0.6) is 0 Å². The molecule has 0 amide bonds. The number of anilines is 1. The monoisotopic (exact) mass is 251 g/mol. The molecule has 1 N–H and O–H groups in total. The van der Waals surface area contributed by atoms with Gasteiger partial charge in [-0.1, -0.05) is 18.2 Å². The maximum absolute atomic E-state index is 13.8. The Hall–Kier alpha value is -2.85. The molecule has 0 unspecified atom stereocenters. The Morgan fingerprint density at radius 1 is 1.05 bits per heavy atom. The first-order valence-corrected chi connectivity index (χ1v) is 5.66. The summed E-state index contributed by atoms with van der Waals surface area (Å²) in [6.07, 6.45) is 0. The van der Waals surface area contributed by atoms with Crippen molar-refractivity contribution >= 4 is 5.69 Å². The van der Waals surface area contributed by atoms with Crippen molar-refractivity contribution in [1.29, 1.82) is 10.5 Å². The highest BCUT2D eigenvalue weighted by molar-refractivity contribution is 5.49. The molecule has 0 aliphatic heterocycles. The van der Waals surface area contributed by atoms with Crippen molar-refractivity contribution in [3.05, 3.63) is 65.0 Å². The molecule has 0 fully saturated rings. The molecule has 0 aromatic heterocycles. The van der Waals surface area contributed by atoms with E-state index in [1.54, 1.807) is 42.5 Å². The van der Waals surface area contributed by atoms with E-state index in [-0.39, 0.29) is 12.1 Å². The summed E-state index contributed by atoms with van der Waals surface area (Å²) in [4.78, 5) is 0. The van der Waals surface area contributed by atoms with Gasteiger partial charge in [-0.05, 0) is 24.3 Å². The minimum Gasteiger partial charge on any atom is -0.381 e. The Balaban J connectivity index is 2.15. The lowest BCUT2D eigenvalue weighted by molar-refractivity contribution is 0.609. The SMILES string of the molecule is N#Cc1cccc(NCc2cccc(C#N)c2F)c1. The Morgan fingerprint density at radius 3 is 2.58 bits per heavy atom. The van der Waals surface area contributed by atoms with Crippen molar-refractivity contribution in [3.63, 3.8) is 0 Å². The van der Waals surface area contributed by atoms with E-state index < -0.39 is 5.82 Å². The van der Waals surface area contributed by atoms with Crippen LogP contribution in [0.15, 0.2) is 42.5 Å². The molecule has 0 saturated heterocycles. The molecule has 0 bridgehead atoms. The summed E-state index contributed by atoms with van der Waals surface area (Å²) in [5.74, 6) is -0.506. The summed E-state index contributed by atoms with van der Waals surface area (Å²) in [5, 5.41) is 20.6. The fraction of sp³-hybridized carbons (Fsp3) is 0.0667. The van der Waals surface area contributed by atoms with Gasteiger partial charge < -0.3 is 5.32 Å². The van der Waals surface area contributed by atoms with Crippen molar-refractivity contribution in [2.45, 2.75) is 6.54 Å². The molecule has 0 aliphatic rings. The van der Waals surface area contributed by atoms with Gasteiger partial charge in [0.15, 0.2) is 0 Å². The van der Waals surface area contributed by atoms with E-state index in [4.69, 9.17) is 10.5 Å². The minimum absolute atomic E-state index is 0.0325. The predicted octanol–water partition coefficient (Wildman–Crippen LogP) is 3.18. The fourth-order valence-corrected chi connectivity index (χ4v) is 1.70. The molecule has 4 heteroatoms. The van der Waals surface area contributed by atoms with Gasteiger partial charge in [-0.2, -0.15) is 10.5 Å². The lowest BCUT2D eigenvalue weighted by Gasteiger charge is -2.08. The highest BCUT2D eigenvalue weighted by Crippen LogP contribution is 2.15. The second-order valence-electron chi connectivity index (χ2n) is 3.94. The van der Waals surface area contributed by atoms with Gasteiger partial charge in [-0.15, -0.1) is 0 Å². The molecule has 19 heavy (non-hydrogen) atoms. The van der Waals surface area contributed by atoms with Crippen molar-refractivity contribution in [1.82, 2.24) is 0 Å². The van der Waals surface area contributed by atoms with Crippen LogP contribution >= 0.6 is 0 Å². The van der Waals surface area contributed by atoms with Crippen LogP contribution in [-0.2, 0) is 6.54 Å². The van der Waals surface area contributed by atoms with E-state index in [9.17, 15) is 4.39 Å². The van der Waals surface area contributed by atoms with Crippen molar-refractivity contribution < 1.29 is 4.39 Å². The lowest BCUT2D eigenvalue weighted by atomic mass is 10.1. The van der Waals surface area contributed by atoms with Gasteiger partial charge in [0.05, 0.1) is 17.2 Å². The Labute approximate surface area is 110 Å². The van der Waals surface area contributed by atoms with Gasteiger partial charge >= 0.3 is 0 Å². The largest absolute Gasteiger partial charge is 0.381 e. The van der Waals surface area contributed by atoms with Gasteiger partial charge in [0, 0.05) is 17.8 Å². The number of halogens is 1. The summed E-state index contributed by atoms with van der Waals surface area (Å²) < 4.78 is 13.8. The second-order valence-corrected chi connectivity index (χ2v) is 3.94. The van der Waals surface area contributed by atoms with E-state index >= 15 is 0 Å². The van der Waals surface area contributed by atoms with E-state index in [0.717, 1.165) is 5.69 Å². The van der Waals surface area contributed by atoms with Gasteiger partial charge in [-0.25, -0.2) is 4.39 Å². The number of rotatable bonds is 3. The summed E-state index contributed by atoms with van der Waals surface area (Å²) >= 11 is 0. The van der Waals surface area contributed by atoms with E-state index in [2.05, 4.69) is 5.32 Å². The van der Waals surface area contributed by atoms with Crippen LogP contribution in [-0.4, -0.2) is 0 Å². The quantitative estimate of drug-likeness (QED) is 0.911. The number of nitrogens with zero attached hydrogens (tertiary/aromatic N) is 2. The molecule has 0 atom stereocenters. The Bertz CT molecular complexity index is 681. The molecule has 3 nitrogen and oxygen atoms in total. The van der Waals surface area contributed by atoms with Gasteiger partial charge in [-0.3, -0.25) is 0 Å². The molecule has 0 heterocycles. The summed E-state index contributed by atoms with van der Waals surface area (Å²) in [6, 6.07) is 15.5. The van der Waals surface area contributed by atoms with Crippen molar-refractivity contribution in [2.24, 2.45) is 0 Å². The Kier molecular flexibility index (Phi) is 3.75. The third-order valence-corrected chi connectivity index (χ3v) is 2.67. The number of benzene rings is 2. The summed E-state index contributed by atoms with van der Waals surface area (Å²) in [5.41, 5.74) is 1.73. The smallest absolute Gasteiger partial charge is 0.145 e. The van der Waals surface area contributed by atoms with Crippen LogP contribution in [0.4, 0.5) is 10.1 Å². The van der Waals surface area contributed by atoms with Crippen LogP contribution in [0.1, 0.15) is 16.7 Å². The standard InChI is InChI=1S/C15H10FN3/c16-15-12(9-18)4-2-5-13(15)10-19-14-6-1-3-11(7-14)8-17/h1-7,19H,10H2. The molecule has 0 aliphatic carbocycles. The Morgan fingerprint density at radius 2 is 1.84 bits per heavy atom. The van der Waals surface area contributed by atoms with Gasteiger partial charge in [0.2, 0.25) is 0 Å². The zero-order valence-corrected chi connectivity index (χ0v) is 10.0. The number of hydrogen-bond donors (Lipinski definition) is 1. The first-order valence-electron chi connectivity index (χ1n) is 5.66. The third-order valence-electron chi connectivity index (χ3n) is 2.67. The molecule has 0 spiro atoms. The molecule has 2 aromatic rings. The average molecular weight is 251 g/mol. The molecule has 2 rings (SSSR count). The van der Waals surface area contributed by atoms with Crippen LogP contribution in [0.3, 0.4) is 0 Å². The van der Waals surface area contributed by atoms with E-state index in [1.807, 2.05) is 6.07 Å². The van der Waals surface area contributed by atoms with Crippen LogP contribution in [0.2, 0.25) is 0 Å². The summed E-state index contributed by atoms with van der Waals surface area (Å²) in [7, 11) is 0. The average Bonchev–Trinajstić information content (AvgIpc) is 2.46. The van der Waals surface area contributed by atoms with Crippen LogP contribution < -0.4 is 5.32 Å². The molecular formula is C15H10FN3. The fourth-order valence-electron chi connectivity index (χ4n) is 1.70. The number of nitrogens with one attached hydrogen (secondary N) is 1. The van der Waals surface area contributed by atoms with Gasteiger partial charge in [0.1, 0.15) is 11.9 Å². The van der Waals surface area contributed by atoms with Crippen LogP contribution in [0.25, 0.3) is 0 Å². The van der Waals surface area contributed by atoms with Crippen molar-refractivity contribution in [3.8, 4) is 12.1 Å². The molecule has 0 radical (unpaired) electrons. The maximum atomic E-state index is 13.8. The van der Waals surface area contributed by atoms with E-state index in [1.165, 1.54) is 6.07 Å². The van der Waals surface area contributed by atoms with Gasteiger partial charge in [0.25, 0.3) is 0 Å². The summed E-state index contributed by atoms with van der Waals surface area (Å²) in [6.45, 7) is 0.260.